The van der Waals surface area contributed by atoms with Crippen molar-refractivity contribution < 1.29 is 26.0 Å². The van der Waals surface area contributed by atoms with Gasteiger partial charge >= 0.3 is 0 Å². The molecule has 8 heteroatoms. The highest BCUT2D eigenvalue weighted by atomic mass is 32.2. The van der Waals surface area contributed by atoms with E-state index in [9.17, 15) is 26.0 Å². The molecule has 3 nitrogen and oxygen atoms in total. The van der Waals surface area contributed by atoms with E-state index in [-0.39, 0.29) is 0 Å². The fraction of sp³-hybridized carbons (Fsp3) is 0. The number of hydrogen-bond donors (Lipinski definition) is 1. The first-order valence-corrected chi connectivity index (χ1v) is 6.71. The summed E-state index contributed by atoms with van der Waals surface area (Å²) in [6, 6.07) is 4.27. The molecule has 2 rings (SSSR count). The Labute approximate surface area is 111 Å². The highest BCUT2D eigenvalue weighted by Gasteiger charge is 2.20. The summed E-state index contributed by atoms with van der Waals surface area (Å²) in [5, 5.41) is 0. The highest BCUT2D eigenvalue weighted by Crippen LogP contribution is 2.23. The zero-order valence-electron chi connectivity index (χ0n) is 9.70. The quantitative estimate of drug-likeness (QED) is 0.886. The maximum Gasteiger partial charge on any atom is 0.262 e. The van der Waals surface area contributed by atoms with Crippen LogP contribution in [-0.4, -0.2) is 8.42 Å². The summed E-state index contributed by atoms with van der Waals surface area (Å²) in [5.41, 5.74) is -0.919. The average molecular weight is 305 g/mol. The van der Waals surface area contributed by atoms with Crippen LogP contribution in [0.5, 0.6) is 0 Å². The van der Waals surface area contributed by atoms with E-state index in [4.69, 9.17) is 0 Å². The predicted octanol–water partition coefficient (Wildman–Crippen LogP) is 3.04. The normalized spacial score (nSPS) is 11.4. The molecule has 0 saturated carbocycles. The van der Waals surface area contributed by atoms with Crippen molar-refractivity contribution >= 4 is 15.7 Å². The van der Waals surface area contributed by atoms with Gasteiger partial charge in [0.1, 0.15) is 29.0 Å². The van der Waals surface area contributed by atoms with Crippen LogP contribution in [0, 0.1) is 23.3 Å². The van der Waals surface area contributed by atoms with Crippen LogP contribution in [0.4, 0.5) is 23.2 Å². The monoisotopic (exact) mass is 305 g/mol. The molecule has 0 aliphatic heterocycles. The molecule has 0 saturated heterocycles. The van der Waals surface area contributed by atoms with E-state index in [1.807, 2.05) is 0 Å². The molecule has 1 N–H and O–H groups in total. The Morgan fingerprint density at radius 2 is 1.35 bits per heavy atom. The van der Waals surface area contributed by atoms with Crippen molar-refractivity contribution in [3.8, 4) is 0 Å². The van der Waals surface area contributed by atoms with Crippen molar-refractivity contribution in [2.45, 2.75) is 4.90 Å². The van der Waals surface area contributed by atoms with Gasteiger partial charge < -0.3 is 0 Å². The minimum absolute atomic E-state index is 0.475. The van der Waals surface area contributed by atoms with Crippen molar-refractivity contribution in [3.63, 3.8) is 0 Å². The molecule has 0 radical (unpaired) electrons. The number of halogens is 4. The standard InChI is InChI=1S/C12H7F4NO2S/c13-7-4-8(14)6-9(5-7)20(18,19)17-12-10(15)2-1-3-11(12)16/h1-6,17H. The Morgan fingerprint density at radius 3 is 1.85 bits per heavy atom. The van der Waals surface area contributed by atoms with Gasteiger partial charge in [0.25, 0.3) is 10.0 Å². The van der Waals surface area contributed by atoms with Crippen LogP contribution in [0.25, 0.3) is 0 Å². The molecule has 0 atom stereocenters. The van der Waals surface area contributed by atoms with E-state index < -0.39 is 43.9 Å². The zero-order chi connectivity index (χ0) is 14.9. The Morgan fingerprint density at radius 1 is 0.850 bits per heavy atom. The number of rotatable bonds is 3. The number of hydrogen-bond acceptors (Lipinski definition) is 2. The van der Waals surface area contributed by atoms with Gasteiger partial charge in [-0.05, 0) is 24.3 Å². The predicted molar refractivity (Wildman–Crippen MR) is 63.5 cm³/mol. The maximum absolute atomic E-state index is 13.3. The van der Waals surface area contributed by atoms with Gasteiger partial charge in [-0.3, -0.25) is 4.72 Å². The average Bonchev–Trinajstić information content (AvgIpc) is 2.33. The first-order valence-electron chi connectivity index (χ1n) is 5.22. The maximum atomic E-state index is 13.3. The molecule has 20 heavy (non-hydrogen) atoms. The van der Waals surface area contributed by atoms with Crippen LogP contribution >= 0.6 is 0 Å². The van der Waals surface area contributed by atoms with Crippen LogP contribution < -0.4 is 4.72 Å². The molecule has 0 aromatic heterocycles. The fourth-order valence-electron chi connectivity index (χ4n) is 1.47. The van der Waals surface area contributed by atoms with E-state index in [1.165, 1.54) is 0 Å². The number of anilines is 1. The van der Waals surface area contributed by atoms with Crippen LogP contribution in [0.3, 0.4) is 0 Å². The van der Waals surface area contributed by atoms with Gasteiger partial charge in [-0.1, -0.05) is 6.07 Å². The van der Waals surface area contributed by atoms with Crippen molar-refractivity contribution in [1.82, 2.24) is 0 Å². The number of para-hydroxylation sites is 1. The topological polar surface area (TPSA) is 46.2 Å². The summed E-state index contributed by atoms with van der Waals surface area (Å²) in [5.74, 6) is -4.55. The number of benzene rings is 2. The summed E-state index contributed by atoms with van der Waals surface area (Å²) in [4.78, 5) is -0.780. The van der Waals surface area contributed by atoms with Crippen LogP contribution in [0.2, 0.25) is 0 Å². The van der Waals surface area contributed by atoms with Gasteiger partial charge in [0.2, 0.25) is 0 Å². The van der Waals surface area contributed by atoms with E-state index in [1.54, 1.807) is 4.72 Å². The molecule has 0 aliphatic carbocycles. The molecular weight excluding hydrogens is 298 g/mol. The van der Waals surface area contributed by atoms with Crippen LogP contribution in [0.1, 0.15) is 0 Å². The Balaban J connectivity index is 2.46. The van der Waals surface area contributed by atoms with Crippen LogP contribution in [0.15, 0.2) is 41.3 Å². The minimum atomic E-state index is -4.51. The van der Waals surface area contributed by atoms with Crippen molar-refractivity contribution in [1.29, 1.82) is 0 Å². The molecule has 0 fully saturated rings. The molecule has 106 valence electrons. The lowest BCUT2D eigenvalue weighted by Gasteiger charge is -2.10. The molecule has 0 aliphatic rings. The molecular formula is C12H7F4NO2S. The SMILES string of the molecule is O=S(=O)(Nc1c(F)cccc1F)c1cc(F)cc(F)c1. The Kier molecular flexibility index (Phi) is 3.67. The van der Waals surface area contributed by atoms with Gasteiger partial charge in [-0.2, -0.15) is 0 Å². The molecule has 2 aromatic carbocycles. The smallest absolute Gasteiger partial charge is 0.262 e. The van der Waals surface area contributed by atoms with Crippen molar-refractivity contribution in [3.05, 3.63) is 59.7 Å². The second-order valence-electron chi connectivity index (χ2n) is 3.81. The second-order valence-corrected chi connectivity index (χ2v) is 5.49. The van der Waals surface area contributed by atoms with Gasteiger partial charge in [0.05, 0.1) is 4.90 Å². The first kappa shape index (κ1) is 14.3. The van der Waals surface area contributed by atoms with E-state index in [0.717, 1.165) is 18.2 Å². The minimum Gasteiger partial charge on any atom is -0.274 e. The van der Waals surface area contributed by atoms with Gasteiger partial charge in [0.15, 0.2) is 0 Å². The van der Waals surface area contributed by atoms with Gasteiger partial charge in [-0.25, -0.2) is 26.0 Å². The lowest BCUT2D eigenvalue weighted by molar-refractivity contribution is 0.567. The summed E-state index contributed by atoms with van der Waals surface area (Å²) in [6.45, 7) is 0. The van der Waals surface area contributed by atoms with E-state index >= 15 is 0 Å². The summed E-state index contributed by atoms with van der Waals surface area (Å²) in [7, 11) is -4.51. The zero-order valence-corrected chi connectivity index (χ0v) is 10.5. The first-order chi connectivity index (χ1) is 9.29. The lowest BCUT2D eigenvalue weighted by Crippen LogP contribution is -2.15. The fourth-order valence-corrected chi connectivity index (χ4v) is 2.59. The van der Waals surface area contributed by atoms with E-state index in [2.05, 4.69) is 0 Å². The molecule has 0 spiro atoms. The summed E-state index contributed by atoms with van der Waals surface area (Å²) < 4.78 is 77.9. The van der Waals surface area contributed by atoms with Crippen molar-refractivity contribution in [2.24, 2.45) is 0 Å². The molecule has 2 aromatic rings. The second kappa shape index (κ2) is 5.12. The van der Waals surface area contributed by atoms with Gasteiger partial charge in [0, 0.05) is 6.07 Å². The van der Waals surface area contributed by atoms with Crippen molar-refractivity contribution in [2.75, 3.05) is 4.72 Å². The third kappa shape index (κ3) is 2.90. The lowest BCUT2D eigenvalue weighted by atomic mass is 10.3. The number of sulfonamides is 1. The largest absolute Gasteiger partial charge is 0.274 e. The summed E-state index contributed by atoms with van der Waals surface area (Å²) in [6.07, 6.45) is 0. The Hall–Kier alpha value is -2.09. The third-order valence-electron chi connectivity index (χ3n) is 2.35. The third-order valence-corrected chi connectivity index (χ3v) is 3.67. The molecule has 0 heterocycles. The Bertz CT molecular complexity index is 722. The molecule has 0 amide bonds. The molecule has 0 unspecified atom stereocenters. The van der Waals surface area contributed by atoms with E-state index in [0.29, 0.717) is 18.2 Å². The van der Waals surface area contributed by atoms with Crippen LogP contribution in [-0.2, 0) is 10.0 Å². The van der Waals surface area contributed by atoms with Gasteiger partial charge in [-0.15, -0.1) is 0 Å². The highest BCUT2D eigenvalue weighted by molar-refractivity contribution is 7.92. The number of nitrogens with one attached hydrogen (secondary N) is 1. The summed E-state index contributed by atoms with van der Waals surface area (Å²) >= 11 is 0. The molecule has 0 bridgehead atoms.